The second kappa shape index (κ2) is 10.9. The lowest BCUT2D eigenvalue weighted by atomic mass is 9.94. The van der Waals surface area contributed by atoms with Gasteiger partial charge >= 0.3 is 6.01 Å². The van der Waals surface area contributed by atoms with Crippen molar-refractivity contribution >= 4 is 27.5 Å². The first kappa shape index (κ1) is 29.8. The number of aryl methyl sites for hydroxylation is 1. The normalized spacial score (nSPS) is 24.9. The monoisotopic (exact) mass is 629 g/mol. The molecule has 5 heterocycles. The molecule has 2 aromatic carbocycles. The summed E-state index contributed by atoms with van der Waals surface area (Å²) in [5, 5.41) is 21.6. The zero-order chi connectivity index (χ0) is 31.7. The third-order valence-corrected chi connectivity index (χ3v) is 9.32. The Morgan fingerprint density at radius 1 is 1.11 bits per heavy atom. The second-order valence-electron chi connectivity index (χ2n) is 12.4. The van der Waals surface area contributed by atoms with Gasteiger partial charge < -0.3 is 19.8 Å². The van der Waals surface area contributed by atoms with Crippen LogP contribution >= 0.6 is 0 Å². The summed E-state index contributed by atoms with van der Waals surface area (Å²) < 4.78 is 81.2. The number of aliphatic hydroxyl groups is 1. The molecule has 4 aromatic rings. The number of anilines is 1. The van der Waals surface area contributed by atoms with Gasteiger partial charge in [-0.05, 0) is 60.3 Å². The van der Waals surface area contributed by atoms with Crippen LogP contribution in [0.5, 0.6) is 11.8 Å². The summed E-state index contributed by atoms with van der Waals surface area (Å²) in [4.78, 5) is 16.3. The van der Waals surface area contributed by atoms with Crippen molar-refractivity contribution in [3.63, 3.8) is 0 Å². The van der Waals surface area contributed by atoms with Gasteiger partial charge in [0, 0.05) is 37.7 Å². The maximum atomic E-state index is 16.7. The van der Waals surface area contributed by atoms with Crippen molar-refractivity contribution in [2.24, 2.45) is 0 Å². The second-order valence-corrected chi connectivity index (χ2v) is 12.4. The molecule has 45 heavy (non-hydrogen) atoms. The number of phenolic OH excluding ortho intramolecular Hbond substituents is 1. The molecule has 3 saturated heterocycles. The number of fused-ring (bicyclic) bond motifs is 3. The SMILES string of the molecule is CCc1c(F)ccc2cc(O)cc(-c3ncc4c(N5CC(O)CC(F)(F)C5)nc(OCC56CCCN5C[C@H](F)C6)nc4c3F)c12. The highest BCUT2D eigenvalue weighted by atomic mass is 19.3. The van der Waals surface area contributed by atoms with Crippen LogP contribution in [0.1, 0.15) is 38.2 Å². The number of β-amino-alcohol motifs (C(OH)–C–C–N with tert-alkyl or cyclic N) is 1. The highest BCUT2D eigenvalue weighted by Gasteiger charge is 2.49. The number of aliphatic hydroxyl groups excluding tert-OH is 1. The molecule has 0 radical (unpaired) electrons. The Kier molecular flexibility index (Phi) is 7.23. The summed E-state index contributed by atoms with van der Waals surface area (Å²) in [5.74, 6) is -4.97. The minimum Gasteiger partial charge on any atom is -0.508 e. The summed E-state index contributed by atoms with van der Waals surface area (Å²) >= 11 is 0. The van der Waals surface area contributed by atoms with E-state index in [0.717, 1.165) is 17.9 Å². The molecular formula is C32H32F5N5O3. The minimum atomic E-state index is -3.24. The van der Waals surface area contributed by atoms with Gasteiger partial charge in [0.2, 0.25) is 0 Å². The summed E-state index contributed by atoms with van der Waals surface area (Å²) in [5.41, 5.74) is -0.660. The molecule has 0 aliphatic carbocycles. The Morgan fingerprint density at radius 3 is 2.71 bits per heavy atom. The van der Waals surface area contributed by atoms with Crippen LogP contribution in [0.2, 0.25) is 0 Å². The number of piperidine rings is 1. The van der Waals surface area contributed by atoms with Gasteiger partial charge in [0.05, 0.1) is 23.6 Å². The number of benzene rings is 2. The number of halogens is 5. The van der Waals surface area contributed by atoms with Crippen molar-refractivity contribution in [2.45, 2.75) is 62.8 Å². The van der Waals surface area contributed by atoms with Gasteiger partial charge in [0.25, 0.3) is 5.92 Å². The van der Waals surface area contributed by atoms with Crippen LogP contribution in [-0.4, -0.2) is 86.6 Å². The number of hydrogen-bond donors (Lipinski definition) is 2. The summed E-state index contributed by atoms with van der Waals surface area (Å²) in [6, 6.07) is 5.21. The summed E-state index contributed by atoms with van der Waals surface area (Å²) in [6.07, 6.45) is 0.244. The average Bonchev–Trinajstić information content (AvgIpc) is 3.50. The van der Waals surface area contributed by atoms with Crippen molar-refractivity contribution in [3.8, 4) is 23.0 Å². The molecule has 3 atom stereocenters. The molecule has 238 valence electrons. The van der Waals surface area contributed by atoms with Crippen molar-refractivity contribution in [1.82, 2.24) is 19.9 Å². The van der Waals surface area contributed by atoms with E-state index in [2.05, 4.69) is 15.0 Å². The molecule has 3 aliphatic heterocycles. The lowest BCUT2D eigenvalue weighted by molar-refractivity contribution is -0.0531. The van der Waals surface area contributed by atoms with Gasteiger partial charge in [-0.15, -0.1) is 0 Å². The third kappa shape index (κ3) is 5.19. The van der Waals surface area contributed by atoms with Gasteiger partial charge in [-0.25, -0.2) is 22.0 Å². The molecule has 2 unspecified atom stereocenters. The fraction of sp³-hybridized carbons (Fsp3) is 0.469. The first-order valence-electron chi connectivity index (χ1n) is 15.1. The smallest absolute Gasteiger partial charge is 0.319 e. The predicted molar refractivity (Wildman–Crippen MR) is 158 cm³/mol. The number of rotatable bonds is 6. The summed E-state index contributed by atoms with van der Waals surface area (Å²) in [6.45, 7) is 1.81. The van der Waals surface area contributed by atoms with Gasteiger partial charge in [-0.2, -0.15) is 9.97 Å². The van der Waals surface area contributed by atoms with Crippen LogP contribution in [0.4, 0.5) is 27.8 Å². The Balaban J connectivity index is 1.39. The molecule has 13 heteroatoms. The maximum Gasteiger partial charge on any atom is 0.319 e. The quantitative estimate of drug-likeness (QED) is 0.268. The fourth-order valence-electron chi connectivity index (χ4n) is 7.43. The molecule has 2 aromatic heterocycles. The standard InChI is InChI=1S/C32H32F5N5O3/c1-2-21-24(34)5-4-17-8-19(43)9-22(25(17)21)27-26(35)28-23(12-38-27)29(41-14-20(44)11-32(36,37)15-41)40-30(39-28)45-16-31-6-3-7-42(31)13-18(33)10-31/h4-5,8-9,12,18,20,43-44H,2-3,6-7,10-11,13-16H2,1H3/t18-,20?,31?/m1/s1. The maximum absolute atomic E-state index is 16.7. The first-order valence-corrected chi connectivity index (χ1v) is 15.1. The van der Waals surface area contributed by atoms with E-state index in [-0.39, 0.29) is 72.3 Å². The van der Waals surface area contributed by atoms with Crippen molar-refractivity contribution < 1.29 is 36.9 Å². The molecule has 3 aliphatic rings. The van der Waals surface area contributed by atoms with E-state index in [9.17, 15) is 27.8 Å². The van der Waals surface area contributed by atoms with Gasteiger partial charge in [0.15, 0.2) is 5.82 Å². The number of phenols is 1. The van der Waals surface area contributed by atoms with Crippen molar-refractivity contribution in [1.29, 1.82) is 0 Å². The minimum absolute atomic E-state index is 0.00481. The molecule has 8 nitrogen and oxygen atoms in total. The van der Waals surface area contributed by atoms with Crippen molar-refractivity contribution in [2.75, 3.05) is 37.7 Å². The molecule has 0 amide bonds. The number of aromatic hydroxyl groups is 1. The van der Waals surface area contributed by atoms with Crippen LogP contribution in [0.3, 0.4) is 0 Å². The summed E-state index contributed by atoms with van der Waals surface area (Å²) in [7, 11) is 0. The lowest BCUT2D eigenvalue weighted by Crippen LogP contribution is -2.49. The van der Waals surface area contributed by atoms with Gasteiger partial charge in [-0.1, -0.05) is 13.0 Å². The van der Waals surface area contributed by atoms with E-state index >= 15 is 4.39 Å². The van der Waals surface area contributed by atoms with E-state index in [1.54, 1.807) is 6.92 Å². The van der Waals surface area contributed by atoms with Crippen LogP contribution in [0.15, 0.2) is 30.5 Å². The number of pyridine rings is 1. The molecule has 0 saturated carbocycles. The van der Waals surface area contributed by atoms with E-state index in [0.29, 0.717) is 22.8 Å². The van der Waals surface area contributed by atoms with E-state index in [4.69, 9.17) is 4.74 Å². The van der Waals surface area contributed by atoms with Crippen LogP contribution in [-0.2, 0) is 6.42 Å². The molecule has 7 rings (SSSR count). The largest absolute Gasteiger partial charge is 0.508 e. The number of nitrogens with zero attached hydrogens (tertiary/aromatic N) is 5. The zero-order valence-electron chi connectivity index (χ0n) is 24.5. The number of ether oxygens (including phenoxy) is 1. The average molecular weight is 630 g/mol. The van der Waals surface area contributed by atoms with E-state index in [1.807, 2.05) is 4.90 Å². The third-order valence-electron chi connectivity index (χ3n) is 9.32. The van der Waals surface area contributed by atoms with E-state index < -0.39 is 48.3 Å². The van der Waals surface area contributed by atoms with E-state index in [1.165, 1.54) is 30.5 Å². The zero-order valence-corrected chi connectivity index (χ0v) is 24.5. The first-order chi connectivity index (χ1) is 21.5. The molecule has 0 spiro atoms. The number of hydrogen-bond acceptors (Lipinski definition) is 8. The topological polar surface area (TPSA) is 94.8 Å². The van der Waals surface area contributed by atoms with Gasteiger partial charge in [-0.3, -0.25) is 9.88 Å². The van der Waals surface area contributed by atoms with Crippen molar-refractivity contribution in [3.05, 3.63) is 47.7 Å². The molecule has 0 bridgehead atoms. The molecular weight excluding hydrogens is 597 g/mol. The Hall–Kier alpha value is -3.84. The lowest BCUT2D eigenvalue weighted by Gasteiger charge is -2.36. The highest BCUT2D eigenvalue weighted by molar-refractivity contribution is 6.01. The predicted octanol–water partition coefficient (Wildman–Crippen LogP) is 5.55. The fourth-order valence-corrected chi connectivity index (χ4v) is 7.43. The molecule has 2 N–H and O–H groups in total. The Morgan fingerprint density at radius 2 is 1.93 bits per heavy atom. The van der Waals surface area contributed by atoms with Crippen LogP contribution in [0.25, 0.3) is 32.9 Å². The highest BCUT2D eigenvalue weighted by Crippen LogP contribution is 2.42. The molecule has 3 fully saturated rings. The van der Waals surface area contributed by atoms with Gasteiger partial charge in [0.1, 0.15) is 41.4 Å². The Bertz CT molecular complexity index is 1810. The number of alkyl halides is 3. The van der Waals surface area contributed by atoms with Crippen LogP contribution in [0, 0.1) is 11.6 Å². The van der Waals surface area contributed by atoms with Crippen LogP contribution < -0.4 is 9.64 Å². The number of aromatic nitrogens is 3. The Labute approximate surface area is 255 Å².